The molecule has 4 nitrogen and oxygen atoms in total. The molecule has 0 unspecified atom stereocenters. The average molecular weight is 469 g/mol. The Balaban J connectivity index is 1.51. The fourth-order valence-corrected chi connectivity index (χ4v) is 6.69. The maximum Gasteiger partial charge on any atom is 0.239 e. The molecule has 1 fully saturated rings. The standard InChI is InChI=1S/C32H24N2O2/c1-20-15-17-21(18-16-20)33-19-32-25-13-7-5-11-23(25)27(24-12-6-8-14-26(24)32)28-29(32)31(36)34(30(28)35)22-9-3-2-4-10-22/h2-19,27-29H,1H3/t27?,28-,29+,32?/m0/s1. The van der Waals surface area contributed by atoms with Gasteiger partial charge in [0.1, 0.15) is 0 Å². The number of hydrogen-bond donors (Lipinski definition) is 0. The van der Waals surface area contributed by atoms with E-state index in [2.05, 4.69) is 24.3 Å². The molecule has 4 aromatic carbocycles. The van der Waals surface area contributed by atoms with E-state index < -0.39 is 17.3 Å². The van der Waals surface area contributed by atoms with Gasteiger partial charge in [-0.3, -0.25) is 14.6 Å². The highest BCUT2D eigenvalue weighted by Gasteiger charge is 2.67. The summed E-state index contributed by atoms with van der Waals surface area (Å²) >= 11 is 0. The van der Waals surface area contributed by atoms with Crippen LogP contribution in [-0.2, 0) is 15.0 Å². The first kappa shape index (κ1) is 21.0. The van der Waals surface area contributed by atoms with Crippen molar-refractivity contribution in [3.63, 3.8) is 0 Å². The molecule has 2 amide bonds. The molecule has 4 aliphatic rings. The van der Waals surface area contributed by atoms with Crippen LogP contribution in [0.5, 0.6) is 0 Å². The molecule has 2 bridgehead atoms. The summed E-state index contributed by atoms with van der Waals surface area (Å²) < 4.78 is 0. The Morgan fingerprint density at radius 3 is 1.94 bits per heavy atom. The van der Waals surface area contributed by atoms with Crippen LogP contribution in [0.15, 0.2) is 108 Å². The number of carbonyl (C=O) groups excluding carboxylic acids is 2. The van der Waals surface area contributed by atoms with E-state index in [9.17, 15) is 9.59 Å². The van der Waals surface area contributed by atoms with Crippen LogP contribution in [0.2, 0.25) is 0 Å². The van der Waals surface area contributed by atoms with E-state index in [1.54, 1.807) is 0 Å². The molecule has 0 N–H and O–H groups in total. The minimum Gasteiger partial charge on any atom is -0.274 e. The van der Waals surface area contributed by atoms with E-state index in [0.29, 0.717) is 5.69 Å². The van der Waals surface area contributed by atoms with Crippen LogP contribution >= 0.6 is 0 Å². The van der Waals surface area contributed by atoms with Gasteiger partial charge in [0.15, 0.2) is 0 Å². The van der Waals surface area contributed by atoms with Crippen molar-refractivity contribution in [2.45, 2.75) is 18.3 Å². The van der Waals surface area contributed by atoms with E-state index >= 15 is 0 Å². The molecule has 1 heterocycles. The van der Waals surface area contributed by atoms with Crippen LogP contribution in [0.25, 0.3) is 0 Å². The molecule has 2 atom stereocenters. The van der Waals surface area contributed by atoms with Crippen LogP contribution in [0.1, 0.15) is 33.7 Å². The highest BCUT2D eigenvalue weighted by Crippen LogP contribution is 2.63. The monoisotopic (exact) mass is 468 g/mol. The molecule has 174 valence electrons. The van der Waals surface area contributed by atoms with Crippen LogP contribution in [0, 0.1) is 18.8 Å². The van der Waals surface area contributed by atoms with Crippen molar-refractivity contribution in [3.05, 3.63) is 131 Å². The Morgan fingerprint density at radius 1 is 0.722 bits per heavy atom. The fourth-order valence-electron chi connectivity index (χ4n) is 6.69. The van der Waals surface area contributed by atoms with Crippen molar-refractivity contribution in [1.82, 2.24) is 0 Å². The lowest BCUT2D eigenvalue weighted by Gasteiger charge is -2.52. The maximum absolute atomic E-state index is 14.3. The number of para-hydroxylation sites is 1. The molecule has 0 radical (unpaired) electrons. The number of benzene rings is 4. The summed E-state index contributed by atoms with van der Waals surface area (Å²) in [6, 6.07) is 33.9. The third-order valence-electron chi connectivity index (χ3n) is 8.15. The van der Waals surface area contributed by atoms with Gasteiger partial charge in [-0.1, -0.05) is 84.4 Å². The van der Waals surface area contributed by atoms with Gasteiger partial charge in [0.2, 0.25) is 11.8 Å². The van der Waals surface area contributed by atoms with Gasteiger partial charge >= 0.3 is 0 Å². The predicted octanol–water partition coefficient (Wildman–Crippen LogP) is 5.95. The van der Waals surface area contributed by atoms with Crippen molar-refractivity contribution >= 4 is 29.4 Å². The number of hydrogen-bond acceptors (Lipinski definition) is 3. The second kappa shape index (κ2) is 7.59. The summed E-state index contributed by atoms with van der Waals surface area (Å²) in [5, 5.41) is 0. The van der Waals surface area contributed by atoms with Gasteiger partial charge in [-0.05, 0) is 53.4 Å². The second-order valence-corrected chi connectivity index (χ2v) is 9.97. The number of imide groups is 1. The van der Waals surface area contributed by atoms with Crippen LogP contribution in [-0.4, -0.2) is 18.0 Å². The molecule has 36 heavy (non-hydrogen) atoms. The largest absolute Gasteiger partial charge is 0.274 e. The van der Waals surface area contributed by atoms with Crippen LogP contribution in [0.3, 0.4) is 0 Å². The Hall–Kier alpha value is -4.31. The Morgan fingerprint density at radius 2 is 1.31 bits per heavy atom. The zero-order valence-corrected chi connectivity index (χ0v) is 19.8. The van der Waals surface area contributed by atoms with Gasteiger partial charge in [0.25, 0.3) is 0 Å². The maximum atomic E-state index is 14.3. The predicted molar refractivity (Wildman–Crippen MR) is 141 cm³/mol. The Labute approximate surface area is 209 Å². The summed E-state index contributed by atoms with van der Waals surface area (Å²) in [6.45, 7) is 2.05. The van der Waals surface area contributed by atoms with E-state index in [1.165, 1.54) is 4.90 Å². The van der Waals surface area contributed by atoms with Crippen molar-refractivity contribution < 1.29 is 9.59 Å². The second-order valence-electron chi connectivity index (χ2n) is 9.97. The SMILES string of the molecule is Cc1ccc(N=CC23c4ccccc4C(c4ccccc42)[C@@H]2C(=O)N(c4ccccc4)C(=O)[C@@H]23)cc1. The highest BCUT2D eigenvalue weighted by molar-refractivity contribution is 6.25. The third-order valence-corrected chi connectivity index (χ3v) is 8.15. The minimum atomic E-state index is -0.840. The first-order valence-corrected chi connectivity index (χ1v) is 12.3. The van der Waals surface area contributed by atoms with Crippen LogP contribution < -0.4 is 4.90 Å². The molecule has 4 heteroatoms. The molecule has 1 aliphatic heterocycles. The van der Waals surface area contributed by atoms with Crippen molar-refractivity contribution in [3.8, 4) is 0 Å². The first-order valence-electron chi connectivity index (χ1n) is 12.3. The van der Waals surface area contributed by atoms with Gasteiger partial charge in [-0.25, -0.2) is 4.90 Å². The van der Waals surface area contributed by atoms with E-state index in [1.807, 2.05) is 92.0 Å². The molecule has 0 aromatic heterocycles. The fraction of sp³-hybridized carbons (Fsp3) is 0.156. The number of anilines is 1. The Bertz CT molecular complexity index is 1510. The highest BCUT2D eigenvalue weighted by atomic mass is 16.2. The summed E-state index contributed by atoms with van der Waals surface area (Å²) in [5.41, 5.74) is 6.15. The average Bonchev–Trinajstić information content (AvgIpc) is 3.20. The summed E-state index contributed by atoms with van der Waals surface area (Å²) in [5.74, 6) is -1.48. The third kappa shape index (κ3) is 2.67. The molecule has 0 spiro atoms. The normalized spacial score (nSPS) is 25.7. The van der Waals surface area contributed by atoms with E-state index in [0.717, 1.165) is 33.5 Å². The van der Waals surface area contributed by atoms with Gasteiger partial charge in [-0.15, -0.1) is 0 Å². The number of aryl methyl sites for hydroxylation is 1. The molecular weight excluding hydrogens is 444 g/mol. The number of rotatable bonds is 3. The van der Waals surface area contributed by atoms with E-state index in [-0.39, 0.29) is 17.7 Å². The molecule has 4 aromatic rings. The quantitative estimate of drug-likeness (QED) is 0.276. The Kier molecular flexibility index (Phi) is 4.43. The number of amides is 2. The first-order chi connectivity index (χ1) is 17.6. The zero-order valence-electron chi connectivity index (χ0n) is 19.8. The zero-order chi connectivity index (χ0) is 24.4. The molecule has 3 aliphatic carbocycles. The number of nitrogens with zero attached hydrogens (tertiary/aromatic N) is 2. The molecule has 0 saturated carbocycles. The molecule has 1 saturated heterocycles. The lowest BCUT2D eigenvalue weighted by atomic mass is 9.47. The molecular formula is C32H24N2O2. The molecule has 8 rings (SSSR count). The lowest BCUT2D eigenvalue weighted by Crippen LogP contribution is -2.54. The van der Waals surface area contributed by atoms with E-state index in [4.69, 9.17) is 4.99 Å². The summed E-state index contributed by atoms with van der Waals surface area (Å²) in [6.07, 6.45) is 1.95. The summed E-state index contributed by atoms with van der Waals surface area (Å²) in [4.78, 5) is 34.7. The van der Waals surface area contributed by atoms with Crippen molar-refractivity contribution in [1.29, 1.82) is 0 Å². The minimum absolute atomic E-state index is 0.127. The van der Waals surface area contributed by atoms with Gasteiger partial charge in [-0.2, -0.15) is 0 Å². The van der Waals surface area contributed by atoms with Gasteiger partial charge < -0.3 is 0 Å². The topological polar surface area (TPSA) is 49.7 Å². The van der Waals surface area contributed by atoms with Crippen molar-refractivity contribution in [2.24, 2.45) is 16.8 Å². The summed E-state index contributed by atoms with van der Waals surface area (Å²) in [7, 11) is 0. The van der Waals surface area contributed by atoms with Gasteiger partial charge in [0.05, 0.1) is 28.6 Å². The van der Waals surface area contributed by atoms with Crippen LogP contribution in [0.4, 0.5) is 11.4 Å². The number of carbonyl (C=O) groups is 2. The number of aliphatic imine (C=N–C) groups is 1. The lowest BCUT2D eigenvalue weighted by molar-refractivity contribution is -0.122. The van der Waals surface area contributed by atoms with Crippen molar-refractivity contribution in [2.75, 3.05) is 4.90 Å². The van der Waals surface area contributed by atoms with Gasteiger partial charge in [0, 0.05) is 12.1 Å². The smallest absolute Gasteiger partial charge is 0.239 e.